The summed E-state index contributed by atoms with van der Waals surface area (Å²) in [5, 5.41) is 0.645. The number of hydrogen-bond donors (Lipinski definition) is 0. The fraction of sp³-hybridized carbons (Fsp3) is 0.268. The molecule has 6 heteroatoms. The molecular weight excluding hydrogens is 608 g/mol. The minimum atomic E-state index is -0.511. The molecule has 1 heterocycles. The van der Waals surface area contributed by atoms with E-state index in [-0.39, 0.29) is 0 Å². The Balaban J connectivity index is 1.36. The first kappa shape index (κ1) is 33.1. The predicted molar refractivity (Wildman–Crippen MR) is 185 cm³/mol. The van der Waals surface area contributed by atoms with Gasteiger partial charge in [0.2, 0.25) is 0 Å². The third kappa shape index (κ3) is 9.39. The van der Waals surface area contributed by atoms with E-state index in [2.05, 4.69) is 54.6 Å². The van der Waals surface area contributed by atoms with E-state index in [1.807, 2.05) is 91.9 Å². The average molecular weight is 649 g/mol. The van der Waals surface area contributed by atoms with Gasteiger partial charge in [-0.2, -0.15) is 0 Å². The summed E-state index contributed by atoms with van der Waals surface area (Å²) < 4.78 is 33.7. The Kier molecular flexibility index (Phi) is 11.9. The zero-order valence-corrected chi connectivity index (χ0v) is 27.4. The third-order valence-corrected chi connectivity index (χ3v) is 8.49. The molecule has 0 saturated carbocycles. The second-order valence-corrected chi connectivity index (χ2v) is 12.4. The normalized spacial score (nSPS) is 21.0. The number of halogens is 1. The zero-order valence-electron chi connectivity index (χ0n) is 26.6. The van der Waals surface area contributed by atoms with Crippen molar-refractivity contribution in [1.82, 2.24) is 0 Å². The zero-order chi connectivity index (χ0) is 32.3. The van der Waals surface area contributed by atoms with E-state index in [0.29, 0.717) is 38.1 Å². The van der Waals surface area contributed by atoms with Crippen LogP contribution in [0.3, 0.4) is 0 Å². The van der Waals surface area contributed by atoms with E-state index < -0.39 is 30.5 Å². The van der Waals surface area contributed by atoms with Crippen LogP contribution in [0.1, 0.15) is 39.5 Å². The van der Waals surface area contributed by atoms with E-state index in [4.69, 9.17) is 35.3 Å². The van der Waals surface area contributed by atoms with Crippen molar-refractivity contribution < 1.29 is 23.7 Å². The first-order valence-electron chi connectivity index (χ1n) is 16.1. The van der Waals surface area contributed by atoms with Gasteiger partial charge >= 0.3 is 0 Å². The monoisotopic (exact) mass is 648 g/mol. The van der Waals surface area contributed by atoms with E-state index in [0.717, 1.165) is 33.4 Å². The van der Waals surface area contributed by atoms with Crippen molar-refractivity contribution in [3.63, 3.8) is 0 Å². The van der Waals surface area contributed by atoms with E-state index in [9.17, 15) is 0 Å². The molecule has 0 aromatic heterocycles. The van der Waals surface area contributed by atoms with Crippen LogP contribution in [0.25, 0.3) is 0 Å². The van der Waals surface area contributed by atoms with Gasteiger partial charge < -0.3 is 23.7 Å². The Morgan fingerprint density at radius 3 is 1.47 bits per heavy atom. The van der Waals surface area contributed by atoms with Crippen LogP contribution in [0.2, 0.25) is 5.02 Å². The maximum absolute atomic E-state index is 6.99. The van der Waals surface area contributed by atoms with Gasteiger partial charge in [-0.1, -0.05) is 139 Å². The maximum atomic E-state index is 6.99. The SMILES string of the molecule is Cc1cc(Cl)cc([C@H]2O[C@H](COCc3ccccc3)[C@@H](OCc3ccccc3)[C@H](OCc3ccccc3)[C@@H]2OCc2ccccc2)c1. The largest absolute Gasteiger partial charge is 0.374 e. The third-order valence-electron chi connectivity index (χ3n) is 8.28. The highest BCUT2D eigenvalue weighted by Gasteiger charge is 2.49. The number of ether oxygens (including phenoxy) is 5. The van der Waals surface area contributed by atoms with Crippen molar-refractivity contribution in [2.24, 2.45) is 0 Å². The van der Waals surface area contributed by atoms with E-state index in [1.54, 1.807) is 0 Å². The van der Waals surface area contributed by atoms with Gasteiger partial charge in [-0.3, -0.25) is 0 Å². The lowest BCUT2D eigenvalue weighted by molar-refractivity contribution is -0.275. The Morgan fingerprint density at radius 2 is 0.979 bits per heavy atom. The molecule has 0 amide bonds. The molecule has 0 bridgehead atoms. The first-order valence-corrected chi connectivity index (χ1v) is 16.5. The summed E-state index contributed by atoms with van der Waals surface area (Å²) >= 11 is 6.62. The second-order valence-electron chi connectivity index (χ2n) is 11.9. The summed E-state index contributed by atoms with van der Waals surface area (Å²) in [6.07, 6.45) is -2.44. The molecule has 5 nitrogen and oxygen atoms in total. The molecule has 242 valence electrons. The highest BCUT2D eigenvalue weighted by atomic mass is 35.5. The molecule has 0 spiro atoms. The van der Waals surface area contributed by atoms with E-state index in [1.165, 1.54) is 0 Å². The van der Waals surface area contributed by atoms with Gasteiger partial charge in [0.1, 0.15) is 30.5 Å². The Labute approximate surface area is 283 Å². The van der Waals surface area contributed by atoms with Crippen molar-refractivity contribution in [1.29, 1.82) is 0 Å². The summed E-state index contributed by atoms with van der Waals surface area (Å²) in [6.45, 7) is 3.96. The average Bonchev–Trinajstić information content (AvgIpc) is 3.10. The minimum absolute atomic E-state index is 0.307. The fourth-order valence-corrected chi connectivity index (χ4v) is 6.28. The van der Waals surface area contributed by atoms with Crippen LogP contribution in [-0.2, 0) is 50.1 Å². The molecule has 0 aliphatic carbocycles. The predicted octanol–water partition coefficient (Wildman–Crippen LogP) is 9.06. The summed E-state index contributed by atoms with van der Waals surface area (Å²) in [6, 6.07) is 46.7. The lowest BCUT2D eigenvalue weighted by Crippen LogP contribution is -2.58. The van der Waals surface area contributed by atoms with Crippen LogP contribution in [0, 0.1) is 6.92 Å². The number of rotatable bonds is 14. The lowest BCUT2D eigenvalue weighted by Gasteiger charge is -2.46. The first-order chi connectivity index (χ1) is 23.1. The van der Waals surface area contributed by atoms with Gasteiger partial charge in [-0.25, -0.2) is 0 Å². The molecular formula is C41H41ClO5. The van der Waals surface area contributed by atoms with Crippen LogP contribution in [0.5, 0.6) is 0 Å². The molecule has 1 aliphatic heterocycles. The highest BCUT2D eigenvalue weighted by Crippen LogP contribution is 2.39. The van der Waals surface area contributed by atoms with Crippen LogP contribution in [-0.4, -0.2) is 31.0 Å². The van der Waals surface area contributed by atoms with E-state index >= 15 is 0 Å². The topological polar surface area (TPSA) is 46.2 Å². The number of benzene rings is 5. The summed E-state index contributed by atoms with van der Waals surface area (Å²) in [5.41, 5.74) is 6.25. The molecule has 47 heavy (non-hydrogen) atoms. The molecule has 6 rings (SSSR count). The summed E-state index contributed by atoms with van der Waals surface area (Å²) in [4.78, 5) is 0. The van der Waals surface area contributed by atoms with Crippen LogP contribution in [0.15, 0.2) is 140 Å². The van der Waals surface area contributed by atoms with Gasteiger partial charge in [-0.15, -0.1) is 0 Å². The van der Waals surface area contributed by atoms with Crippen molar-refractivity contribution in [3.05, 3.63) is 178 Å². The Bertz CT molecular complexity index is 1610. The Morgan fingerprint density at radius 1 is 0.532 bits per heavy atom. The molecule has 1 fully saturated rings. The van der Waals surface area contributed by atoms with Gasteiger partial charge in [0.15, 0.2) is 0 Å². The maximum Gasteiger partial charge on any atom is 0.117 e. The van der Waals surface area contributed by atoms with Crippen molar-refractivity contribution in [2.75, 3.05) is 6.61 Å². The molecule has 1 saturated heterocycles. The van der Waals surface area contributed by atoms with Gasteiger partial charge in [-0.05, 0) is 52.4 Å². The summed E-state index contributed by atoms with van der Waals surface area (Å²) in [5.74, 6) is 0. The second kappa shape index (κ2) is 16.8. The highest BCUT2D eigenvalue weighted by molar-refractivity contribution is 6.30. The number of hydrogen-bond acceptors (Lipinski definition) is 5. The van der Waals surface area contributed by atoms with Crippen LogP contribution in [0.4, 0.5) is 0 Å². The van der Waals surface area contributed by atoms with Crippen molar-refractivity contribution >= 4 is 11.6 Å². The van der Waals surface area contributed by atoms with Gasteiger partial charge in [0.05, 0.1) is 33.0 Å². The Hall–Kier alpha value is -3.81. The molecule has 1 aliphatic rings. The standard InChI is InChI=1S/C41H41ClO5/c1-30-22-35(24-36(42)23-30)38-40(45-27-33-18-10-4-11-19-33)41(46-28-34-20-12-5-13-21-34)39(44-26-32-16-8-3-9-17-32)37(47-38)29-43-25-31-14-6-2-7-15-31/h2-24,37-41H,25-29H2,1H3/t37-,38-,39-,40-,41+/m1/s1. The quantitative estimate of drug-likeness (QED) is 0.120. The van der Waals surface area contributed by atoms with Gasteiger partial charge in [0, 0.05) is 5.02 Å². The fourth-order valence-electron chi connectivity index (χ4n) is 5.99. The lowest BCUT2D eigenvalue weighted by atomic mass is 9.89. The molecule has 5 atom stereocenters. The molecule has 0 N–H and O–H groups in total. The minimum Gasteiger partial charge on any atom is -0.374 e. The molecule has 5 aromatic carbocycles. The smallest absolute Gasteiger partial charge is 0.117 e. The van der Waals surface area contributed by atoms with Crippen LogP contribution >= 0.6 is 11.6 Å². The molecule has 5 aromatic rings. The van der Waals surface area contributed by atoms with Crippen molar-refractivity contribution in [2.45, 2.75) is 63.9 Å². The van der Waals surface area contributed by atoms with Gasteiger partial charge in [0.25, 0.3) is 0 Å². The molecule has 0 unspecified atom stereocenters. The van der Waals surface area contributed by atoms with Crippen LogP contribution < -0.4 is 0 Å². The molecule has 0 radical (unpaired) electrons. The summed E-state index contributed by atoms with van der Waals surface area (Å²) in [7, 11) is 0. The van der Waals surface area contributed by atoms with Crippen molar-refractivity contribution in [3.8, 4) is 0 Å². The number of aryl methyl sites for hydroxylation is 1.